The first-order valence-corrected chi connectivity index (χ1v) is 7.01. The number of aryl methyl sites for hydroxylation is 2. The van der Waals surface area contributed by atoms with Crippen LogP contribution in [0.2, 0.25) is 0 Å². The zero-order valence-electron chi connectivity index (χ0n) is 11.8. The van der Waals surface area contributed by atoms with Crippen LogP contribution in [-0.4, -0.2) is 4.98 Å². The molecular weight excluding hydrogens is 232 g/mol. The van der Waals surface area contributed by atoms with E-state index in [1.54, 1.807) is 0 Å². The van der Waals surface area contributed by atoms with Crippen LogP contribution in [0.5, 0.6) is 0 Å². The molecule has 0 saturated heterocycles. The van der Waals surface area contributed by atoms with Gasteiger partial charge in [-0.3, -0.25) is 4.98 Å². The molecule has 0 atom stereocenters. The van der Waals surface area contributed by atoms with Gasteiger partial charge in [0.15, 0.2) is 0 Å². The van der Waals surface area contributed by atoms with Gasteiger partial charge in [-0.25, -0.2) is 0 Å². The van der Waals surface area contributed by atoms with Crippen LogP contribution in [0.3, 0.4) is 0 Å². The summed E-state index contributed by atoms with van der Waals surface area (Å²) < 4.78 is 0. The van der Waals surface area contributed by atoms with Gasteiger partial charge >= 0.3 is 0 Å². The van der Waals surface area contributed by atoms with E-state index >= 15 is 0 Å². The number of nitrogens with one attached hydrogen (secondary N) is 1. The molecule has 0 radical (unpaired) electrons. The second-order valence-electron chi connectivity index (χ2n) is 5.02. The number of rotatable bonds is 6. The Morgan fingerprint density at radius 2 is 1.84 bits per heavy atom. The Balaban J connectivity index is 1.89. The lowest BCUT2D eigenvalue weighted by molar-refractivity contribution is 0.795. The molecule has 19 heavy (non-hydrogen) atoms. The van der Waals surface area contributed by atoms with Crippen molar-refractivity contribution in [2.45, 2.75) is 39.7 Å². The lowest BCUT2D eigenvalue weighted by Gasteiger charge is -2.08. The van der Waals surface area contributed by atoms with E-state index in [2.05, 4.69) is 54.5 Å². The molecule has 2 heteroatoms. The zero-order chi connectivity index (χ0) is 13.5. The van der Waals surface area contributed by atoms with Crippen LogP contribution in [0.25, 0.3) is 0 Å². The third-order valence-corrected chi connectivity index (χ3v) is 3.20. The topological polar surface area (TPSA) is 24.9 Å². The first kappa shape index (κ1) is 13.6. The van der Waals surface area contributed by atoms with Crippen molar-refractivity contribution >= 4 is 5.69 Å². The van der Waals surface area contributed by atoms with Crippen LogP contribution in [0, 0.1) is 6.92 Å². The molecule has 100 valence electrons. The van der Waals surface area contributed by atoms with E-state index in [1.165, 1.54) is 41.6 Å². The highest BCUT2D eigenvalue weighted by molar-refractivity contribution is 5.45. The Morgan fingerprint density at radius 3 is 2.53 bits per heavy atom. The highest BCUT2D eigenvalue weighted by atomic mass is 14.9. The Kier molecular flexibility index (Phi) is 4.96. The Bertz CT molecular complexity index is 503. The molecule has 1 heterocycles. The third kappa shape index (κ3) is 4.40. The summed E-state index contributed by atoms with van der Waals surface area (Å²) in [6.45, 7) is 5.12. The standard InChI is InChI=1S/C17H22N2/c1-3-4-5-15-6-8-17(9-7-15)19-13-16-10-14(2)11-18-12-16/h6-12,19H,3-5,13H2,1-2H3. The molecule has 0 aliphatic carbocycles. The van der Waals surface area contributed by atoms with Crippen molar-refractivity contribution in [1.82, 2.24) is 4.98 Å². The molecule has 0 bridgehead atoms. The molecule has 0 spiro atoms. The number of anilines is 1. The van der Waals surface area contributed by atoms with Gasteiger partial charge in [-0.1, -0.05) is 31.5 Å². The van der Waals surface area contributed by atoms with Gasteiger partial charge < -0.3 is 5.32 Å². The summed E-state index contributed by atoms with van der Waals surface area (Å²) in [5.41, 5.74) is 5.01. The molecule has 0 aliphatic heterocycles. The largest absolute Gasteiger partial charge is 0.381 e. The molecule has 2 nitrogen and oxygen atoms in total. The van der Waals surface area contributed by atoms with Gasteiger partial charge in [0.25, 0.3) is 0 Å². The molecule has 1 aromatic carbocycles. The van der Waals surface area contributed by atoms with Gasteiger partial charge in [0, 0.05) is 24.6 Å². The number of hydrogen-bond acceptors (Lipinski definition) is 2. The maximum absolute atomic E-state index is 4.20. The van der Waals surface area contributed by atoms with Crippen LogP contribution in [0.4, 0.5) is 5.69 Å². The van der Waals surface area contributed by atoms with E-state index in [-0.39, 0.29) is 0 Å². The van der Waals surface area contributed by atoms with Crippen LogP contribution in [-0.2, 0) is 13.0 Å². The van der Waals surface area contributed by atoms with Gasteiger partial charge in [0.2, 0.25) is 0 Å². The fraction of sp³-hybridized carbons (Fsp3) is 0.353. The zero-order valence-corrected chi connectivity index (χ0v) is 11.8. The molecule has 0 aliphatic rings. The van der Waals surface area contributed by atoms with Crippen molar-refractivity contribution in [3.05, 3.63) is 59.4 Å². The number of nitrogens with zero attached hydrogens (tertiary/aromatic N) is 1. The fourth-order valence-electron chi connectivity index (χ4n) is 2.09. The van der Waals surface area contributed by atoms with Gasteiger partial charge in [-0.2, -0.15) is 0 Å². The molecule has 0 saturated carbocycles. The maximum atomic E-state index is 4.20. The predicted octanol–water partition coefficient (Wildman–Crippen LogP) is 4.34. The number of benzene rings is 1. The van der Waals surface area contributed by atoms with Crippen molar-refractivity contribution in [3.63, 3.8) is 0 Å². The number of hydrogen-bond donors (Lipinski definition) is 1. The summed E-state index contributed by atoms with van der Waals surface area (Å²) in [7, 11) is 0. The smallest absolute Gasteiger partial charge is 0.0416 e. The molecule has 1 aromatic heterocycles. The molecule has 2 rings (SSSR count). The maximum Gasteiger partial charge on any atom is 0.0416 e. The second-order valence-corrected chi connectivity index (χ2v) is 5.02. The van der Waals surface area contributed by atoms with Crippen molar-refractivity contribution in [2.75, 3.05) is 5.32 Å². The number of aromatic nitrogens is 1. The first-order valence-electron chi connectivity index (χ1n) is 7.01. The minimum absolute atomic E-state index is 0.822. The van der Waals surface area contributed by atoms with E-state index in [0.29, 0.717) is 0 Å². The average Bonchev–Trinajstić information content (AvgIpc) is 2.44. The Hall–Kier alpha value is -1.83. The summed E-state index contributed by atoms with van der Waals surface area (Å²) in [4.78, 5) is 4.20. The van der Waals surface area contributed by atoms with E-state index in [0.717, 1.165) is 6.54 Å². The van der Waals surface area contributed by atoms with E-state index in [9.17, 15) is 0 Å². The Morgan fingerprint density at radius 1 is 1.05 bits per heavy atom. The number of unbranched alkanes of at least 4 members (excludes halogenated alkanes) is 1. The van der Waals surface area contributed by atoms with Crippen LogP contribution < -0.4 is 5.32 Å². The van der Waals surface area contributed by atoms with Crippen molar-refractivity contribution in [2.24, 2.45) is 0 Å². The summed E-state index contributed by atoms with van der Waals surface area (Å²) >= 11 is 0. The van der Waals surface area contributed by atoms with E-state index in [4.69, 9.17) is 0 Å². The van der Waals surface area contributed by atoms with Crippen molar-refractivity contribution in [1.29, 1.82) is 0 Å². The van der Waals surface area contributed by atoms with E-state index in [1.807, 2.05) is 12.4 Å². The van der Waals surface area contributed by atoms with Gasteiger partial charge in [-0.05, 0) is 48.6 Å². The predicted molar refractivity (Wildman–Crippen MR) is 81.4 cm³/mol. The molecular formula is C17H22N2. The lowest BCUT2D eigenvalue weighted by atomic mass is 10.1. The highest BCUT2D eigenvalue weighted by Gasteiger charge is 1.96. The molecule has 0 fully saturated rings. The molecule has 0 amide bonds. The minimum Gasteiger partial charge on any atom is -0.381 e. The SMILES string of the molecule is CCCCc1ccc(NCc2cncc(C)c2)cc1. The quantitative estimate of drug-likeness (QED) is 0.829. The van der Waals surface area contributed by atoms with Crippen LogP contribution >= 0.6 is 0 Å². The molecule has 2 aromatic rings. The van der Waals surface area contributed by atoms with Gasteiger partial charge in [0.1, 0.15) is 0 Å². The Labute approximate surface area is 115 Å². The highest BCUT2D eigenvalue weighted by Crippen LogP contribution is 2.13. The van der Waals surface area contributed by atoms with Crippen molar-refractivity contribution < 1.29 is 0 Å². The summed E-state index contributed by atoms with van der Waals surface area (Å²) in [6.07, 6.45) is 7.49. The third-order valence-electron chi connectivity index (χ3n) is 3.20. The van der Waals surface area contributed by atoms with Gasteiger partial charge in [-0.15, -0.1) is 0 Å². The normalized spacial score (nSPS) is 10.4. The van der Waals surface area contributed by atoms with Gasteiger partial charge in [0.05, 0.1) is 0 Å². The number of pyridine rings is 1. The summed E-state index contributed by atoms with van der Waals surface area (Å²) in [6, 6.07) is 10.9. The average molecular weight is 254 g/mol. The summed E-state index contributed by atoms with van der Waals surface area (Å²) in [5.74, 6) is 0. The fourth-order valence-corrected chi connectivity index (χ4v) is 2.09. The minimum atomic E-state index is 0.822. The van der Waals surface area contributed by atoms with Crippen LogP contribution in [0.15, 0.2) is 42.7 Å². The van der Waals surface area contributed by atoms with Crippen molar-refractivity contribution in [3.8, 4) is 0 Å². The molecule has 0 unspecified atom stereocenters. The lowest BCUT2D eigenvalue weighted by Crippen LogP contribution is -2.00. The van der Waals surface area contributed by atoms with Crippen LogP contribution in [0.1, 0.15) is 36.5 Å². The second kappa shape index (κ2) is 6.93. The summed E-state index contributed by atoms with van der Waals surface area (Å²) in [5, 5.41) is 3.43. The first-order chi connectivity index (χ1) is 9.28. The monoisotopic (exact) mass is 254 g/mol. The molecule has 1 N–H and O–H groups in total. The van der Waals surface area contributed by atoms with E-state index < -0.39 is 0 Å².